The minimum atomic E-state index is -3.62. The first-order valence-corrected chi connectivity index (χ1v) is 13.4. The molecule has 0 bridgehead atoms. The Morgan fingerprint density at radius 3 is 2.52 bits per heavy atom. The Bertz CT molecular complexity index is 1360. The van der Waals surface area contributed by atoms with Crippen LogP contribution in [0.4, 0.5) is 0 Å². The van der Waals surface area contributed by atoms with Crippen molar-refractivity contribution in [2.24, 2.45) is 4.99 Å². The third kappa shape index (κ3) is 4.81. The van der Waals surface area contributed by atoms with Crippen LogP contribution in [0.1, 0.15) is 49.4 Å². The van der Waals surface area contributed by atoms with E-state index in [-0.39, 0.29) is 10.9 Å². The van der Waals surface area contributed by atoms with Crippen molar-refractivity contribution in [2.75, 3.05) is 6.54 Å². The number of para-hydroxylation sites is 1. The van der Waals surface area contributed by atoms with Gasteiger partial charge in [0.2, 0.25) is 10.0 Å². The van der Waals surface area contributed by atoms with Crippen LogP contribution in [0, 0.1) is 12.3 Å². The van der Waals surface area contributed by atoms with Crippen molar-refractivity contribution in [3.63, 3.8) is 0 Å². The SMILES string of the molecule is C#CCn1c(=NC(=O)c2ccc(S(=O)(=O)N(CC)C3CCCCC3)cc2)sc2ccccc21. The molecule has 0 radical (unpaired) electrons. The van der Waals surface area contributed by atoms with Crippen LogP contribution in [0.5, 0.6) is 0 Å². The van der Waals surface area contributed by atoms with Crippen LogP contribution in [0.25, 0.3) is 10.2 Å². The van der Waals surface area contributed by atoms with Gasteiger partial charge in [-0.1, -0.05) is 55.6 Å². The lowest BCUT2D eigenvalue weighted by atomic mass is 9.95. The monoisotopic (exact) mass is 481 g/mol. The highest BCUT2D eigenvalue weighted by molar-refractivity contribution is 7.89. The number of sulfonamides is 1. The van der Waals surface area contributed by atoms with Gasteiger partial charge in [-0.05, 0) is 49.2 Å². The quantitative estimate of drug-likeness (QED) is 0.489. The largest absolute Gasteiger partial charge is 0.305 e. The van der Waals surface area contributed by atoms with Gasteiger partial charge in [0, 0.05) is 18.2 Å². The summed E-state index contributed by atoms with van der Waals surface area (Å²) in [5.74, 6) is 2.18. The highest BCUT2D eigenvalue weighted by Crippen LogP contribution is 2.28. The number of carbonyl (C=O) groups is 1. The smallest absolute Gasteiger partial charge is 0.279 e. The molecular formula is C25H27N3O3S2. The van der Waals surface area contributed by atoms with Crippen LogP contribution in [0.3, 0.4) is 0 Å². The van der Waals surface area contributed by atoms with Crippen molar-refractivity contribution in [1.82, 2.24) is 8.87 Å². The second-order valence-corrected chi connectivity index (χ2v) is 11.0. The topological polar surface area (TPSA) is 71.7 Å². The summed E-state index contributed by atoms with van der Waals surface area (Å²) in [6, 6.07) is 13.9. The van der Waals surface area contributed by atoms with Crippen molar-refractivity contribution in [2.45, 2.75) is 56.5 Å². The number of amides is 1. The average molecular weight is 482 g/mol. The lowest BCUT2D eigenvalue weighted by Crippen LogP contribution is -2.41. The molecule has 0 atom stereocenters. The number of hydrogen-bond donors (Lipinski definition) is 0. The Balaban J connectivity index is 1.62. The molecule has 0 unspecified atom stereocenters. The van der Waals surface area contributed by atoms with Gasteiger partial charge in [-0.25, -0.2) is 8.42 Å². The van der Waals surface area contributed by atoms with E-state index >= 15 is 0 Å². The van der Waals surface area contributed by atoms with E-state index in [9.17, 15) is 13.2 Å². The van der Waals surface area contributed by atoms with E-state index in [1.807, 2.05) is 35.8 Å². The molecule has 6 nitrogen and oxygen atoms in total. The summed E-state index contributed by atoms with van der Waals surface area (Å²) < 4.78 is 30.9. The lowest BCUT2D eigenvalue weighted by Gasteiger charge is -2.32. The van der Waals surface area contributed by atoms with E-state index < -0.39 is 15.9 Å². The number of benzene rings is 2. The van der Waals surface area contributed by atoms with Crippen molar-refractivity contribution in [1.29, 1.82) is 0 Å². The first-order valence-electron chi connectivity index (χ1n) is 11.2. The van der Waals surface area contributed by atoms with Gasteiger partial charge in [0.25, 0.3) is 5.91 Å². The maximum atomic E-state index is 13.2. The zero-order valence-electron chi connectivity index (χ0n) is 18.6. The first kappa shape index (κ1) is 23.4. The van der Waals surface area contributed by atoms with Crippen LogP contribution < -0.4 is 4.80 Å². The molecule has 1 heterocycles. The predicted octanol–water partition coefficient (Wildman–Crippen LogP) is 4.42. The third-order valence-electron chi connectivity index (χ3n) is 6.04. The molecular weight excluding hydrogens is 454 g/mol. The van der Waals surface area contributed by atoms with Crippen molar-refractivity contribution in [3.05, 3.63) is 58.9 Å². The second-order valence-electron chi connectivity index (χ2n) is 8.08. The van der Waals surface area contributed by atoms with Crippen molar-refractivity contribution in [3.8, 4) is 12.3 Å². The van der Waals surface area contributed by atoms with E-state index in [2.05, 4.69) is 10.9 Å². The number of terminal acetylenes is 1. The van der Waals surface area contributed by atoms with Gasteiger partial charge in [-0.3, -0.25) is 4.79 Å². The van der Waals surface area contributed by atoms with E-state index in [4.69, 9.17) is 6.42 Å². The molecule has 1 aliphatic carbocycles. The minimum Gasteiger partial charge on any atom is -0.305 e. The summed E-state index contributed by atoms with van der Waals surface area (Å²) in [6.07, 6.45) is 10.6. The molecule has 1 fully saturated rings. The van der Waals surface area contributed by atoms with E-state index in [1.165, 1.54) is 35.6 Å². The summed E-state index contributed by atoms with van der Waals surface area (Å²) in [4.78, 5) is 17.9. The van der Waals surface area contributed by atoms with Gasteiger partial charge < -0.3 is 4.57 Å². The fourth-order valence-corrected chi connectivity index (χ4v) is 7.12. The molecule has 3 aromatic rings. The fraction of sp³-hybridized carbons (Fsp3) is 0.360. The second kappa shape index (κ2) is 10.0. The summed E-state index contributed by atoms with van der Waals surface area (Å²) in [5.41, 5.74) is 1.26. The number of aromatic nitrogens is 1. The summed E-state index contributed by atoms with van der Waals surface area (Å²) in [5, 5.41) is 0. The molecule has 172 valence electrons. The minimum absolute atomic E-state index is 0.0459. The van der Waals surface area contributed by atoms with E-state index in [1.54, 1.807) is 4.31 Å². The van der Waals surface area contributed by atoms with Gasteiger partial charge >= 0.3 is 0 Å². The zero-order chi connectivity index (χ0) is 23.4. The van der Waals surface area contributed by atoms with Crippen molar-refractivity contribution >= 4 is 37.5 Å². The van der Waals surface area contributed by atoms with Crippen LogP contribution >= 0.6 is 11.3 Å². The Morgan fingerprint density at radius 2 is 1.85 bits per heavy atom. The Hall–Kier alpha value is -2.73. The molecule has 2 aromatic carbocycles. The number of hydrogen-bond acceptors (Lipinski definition) is 4. The standard InChI is InChI=1S/C25H27N3O3S2/c1-3-18-27-22-12-8-9-13-23(22)32-25(27)26-24(29)19-14-16-21(17-15-19)33(30,31)28(4-2)20-10-6-5-7-11-20/h1,8-9,12-17,20H,4-7,10-11,18H2,2H3. The molecule has 1 aromatic heterocycles. The lowest BCUT2D eigenvalue weighted by molar-refractivity contribution is 0.0997. The Kier molecular flexibility index (Phi) is 7.13. The first-order chi connectivity index (χ1) is 16.0. The molecule has 8 heteroatoms. The Labute approximate surface area is 198 Å². The van der Waals surface area contributed by atoms with Gasteiger partial charge in [0.1, 0.15) is 0 Å². The Morgan fingerprint density at radius 1 is 1.15 bits per heavy atom. The number of rotatable bonds is 6. The number of fused-ring (bicyclic) bond motifs is 1. The van der Waals surface area contributed by atoms with Crippen LogP contribution in [0.15, 0.2) is 58.4 Å². The van der Waals surface area contributed by atoms with E-state index in [0.29, 0.717) is 23.5 Å². The summed E-state index contributed by atoms with van der Waals surface area (Å²) in [7, 11) is -3.62. The third-order valence-corrected chi connectivity index (χ3v) is 9.14. The maximum Gasteiger partial charge on any atom is 0.279 e. The molecule has 1 aliphatic rings. The summed E-state index contributed by atoms with van der Waals surface area (Å²) in [6.45, 7) is 2.62. The normalized spacial score (nSPS) is 15.7. The number of nitrogens with zero attached hydrogens (tertiary/aromatic N) is 3. The zero-order valence-corrected chi connectivity index (χ0v) is 20.2. The fourth-order valence-electron chi connectivity index (χ4n) is 4.40. The van der Waals surface area contributed by atoms with E-state index in [0.717, 1.165) is 42.3 Å². The molecule has 0 aliphatic heterocycles. The predicted molar refractivity (Wildman–Crippen MR) is 131 cm³/mol. The molecule has 0 spiro atoms. The molecule has 0 saturated heterocycles. The maximum absolute atomic E-state index is 13.2. The van der Waals surface area contributed by atoms with Gasteiger partial charge in [-0.15, -0.1) is 6.42 Å². The molecule has 0 N–H and O–H groups in total. The number of carbonyl (C=O) groups excluding carboxylic acids is 1. The summed E-state index contributed by atoms with van der Waals surface area (Å²) >= 11 is 1.39. The number of thiazole rings is 1. The highest BCUT2D eigenvalue weighted by Gasteiger charge is 2.31. The van der Waals surface area contributed by atoms with Gasteiger partial charge in [-0.2, -0.15) is 9.30 Å². The molecule has 1 saturated carbocycles. The van der Waals surface area contributed by atoms with Crippen LogP contribution in [-0.4, -0.2) is 35.8 Å². The van der Waals surface area contributed by atoms with Gasteiger partial charge in [0.05, 0.1) is 21.7 Å². The highest BCUT2D eigenvalue weighted by atomic mass is 32.2. The molecule has 4 rings (SSSR count). The average Bonchev–Trinajstić information content (AvgIpc) is 3.17. The van der Waals surface area contributed by atoms with Crippen molar-refractivity contribution < 1.29 is 13.2 Å². The molecule has 33 heavy (non-hydrogen) atoms. The van der Waals surface area contributed by atoms with Gasteiger partial charge in [0.15, 0.2) is 4.80 Å². The van der Waals surface area contributed by atoms with Crippen LogP contribution in [-0.2, 0) is 16.6 Å². The van der Waals surface area contributed by atoms with Crippen LogP contribution in [0.2, 0.25) is 0 Å². The molecule has 1 amide bonds.